The summed E-state index contributed by atoms with van der Waals surface area (Å²) in [6.07, 6.45) is 3.92. The minimum absolute atomic E-state index is 0.0158. The van der Waals surface area contributed by atoms with Crippen LogP contribution in [0.3, 0.4) is 0 Å². The Hall–Kier alpha value is -3.64. The first-order chi connectivity index (χ1) is 22.3. The zero-order chi connectivity index (χ0) is 31.7. The third-order valence-corrected chi connectivity index (χ3v) is 13.1. The molecule has 5 aliphatic rings. The first-order valence-corrected chi connectivity index (χ1v) is 17.7. The molecule has 12 heteroatoms. The van der Waals surface area contributed by atoms with Gasteiger partial charge in [-0.3, -0.25) is 24.1 Å². The number of aromatic nitrogens is 1. The number of piperidine rings is 1. The number of ether oxygens (including phenoxy) is 2. The number of thiazole rings is 1. The third kappa shape index (κ3) is 4.70. The molecule has 8 rings (SSSR count). The summed E-state index contributed by atoms with van der Waals surface area (Å²) >= 11 is 2.82. The number of thioether (sulfide) groups is 1. The van der Waals surface area contributed by atoms with E-state index in [1.165, 1.54) is 40.5 Å². The molecule has 3 aliphatic heterocycles. The summed E-state index contributed by atoms with van der Waals surface area (Å²) in [5.74, 6) is -1.04. The van der Waals surface area contributed by atoms with E-state index in [9.17, 15) is 23.6 Å². The van der Waals surface area contributed by atoms with E-state index in [4.69, 9.17) is 9.47 Å². The molecule has 4 heterocycles. The Morgan fingerprint density at radius 1 is 0.957 bits per heavy atom. The van der Waals surface area contributed by atoms with Crippen LogP contribution in [-0.2, 0) is 14.4 Å². The van der Waals surface area contributed by atoms with E-state index >= 15 is 0 Å². The van der Waals surface area contributed by atoms with Crippen molar-refractivity contribution in [3.8, 4) is 11.5 Å². The Balaban J connectivity index is 1.12. The second-order valence-corrected chi connectivity index (χ2v) is 15.0. The van der Waals surface area contributed by atoms with E-state index in [2.05, 4.69) is 4.98 Å². The van der Waals surface area contributed by atoms with E-state index in [0.717, 1.165) is 54.2 Å². The summed E-state index contributed by atoms with van der Waals surface area (Å²) in [5, 5.41) is 0.857. The van der Waals surface area contributed by atoms with Crippen LogP contribution in [0.5, 0.6) is 11.5 Å². The third-order valence-electron chi connectivity index (χ3n) is 10.5. The van der Waals surface area contributed by atoms with Crippen LogP contribution in [0.4, 0.5) is 10.1 Å². The van der Waals surface area contributed by atoms with Crippen LogP contribution >= 0.6 is 23.1 Å². The highest BCUT2D eigenvalue weighted by Crippen LogP contribution is 2.68. The Morgan fingerprint density at radius 3 is 2.43 bits per heavy atom. The van der Waals surface area contributed by atoms with Crippen LogP contribution in [0.25, 0.3) is 0 Å². The molecule has 0 spiro atoms. The number of aromatic amines is 1. The fraction of sp³-hybridized carbons (Fsp3) is 0.471. The van der Waals surface area contributed by atoms with Crippen molar-refractivity contribution in [2.45, 2.75) is 48.8 Å². The molecule has 4 fully saturated rings. The SMILES string of the molecule is CCOc1cc([C@H]2c3sc(=O)[nH]c3SC3C4CC(C5C(=O)N(c6ccc(F)cc6)C(=O)C45)C32)ccc1OCC(=O)N1CCCCC1. The molecule has 0 radical (unpaired) electrons. The Morgan fingerprint density at radius 2 is 1.70 bits per heavy atom. The smallest absolute Gasteiger partial charge is 0.305 e. The zero-order valence-corrected chi connectivity index (χ0v) is 26.9. The Kier molecular flexibility index (Phi) is 7.47. The standard InChI is InChI=1S/C34H34FN3O6S2/c1-2-43-23-14-17(6-11-22(23)44-16-24(39)37-12-4-3-5-13-37)25-26-20-15-21(29(26)45-31-30(25)46-34(42)36-31)28-27(20)32(40)38(33(28)41)19-9-7-18(35)8-10-19/h6-11,14,20-21,25-29H,2-5,12-13,15-16H2,1H3,(H,36,42)/t20?,21?,25-,26?,27?,28?,29?/m1/s1. The van der Waals surface area contributed by atoms with Gasteiger partial charge in [0.1, 0.15) is 5.82 Å². The van der Waals surface area contributed by atoms with E-state index in [1.54, 1.807) is 11.8 Å². The molecule has 2 saturated carbocycles. The van der Waals surface area contributed by atoms with Crippen molar-refractivity contribution in [2.24, 2.45) is 29.6 Å². The number of nitrogens with zero attached hydrogens (tertiary/aromatic N) is 2. The summed E-state index contributed by atoms with van der Waals surface area (Å²) in [6, 6.07) is 11.3. The molecule has 46 heavy (non-hydrogen) atoms. The number of imide groups is 1. The number of rotatable bonds is 7. The monoisotopic (exact) mass is 663 g/mol. The Labute approximate surface area is 273 Å². The van der Waals surface area contributed by atoms with Gasteiger partial charge in [0.15, 0.2) is 18.1 Å². The lowest BCUT2D eigenvalue weighted by atomic mass is 9.68. The van der Waals surface area contributed by atoms with Gasteiger partial charge in [0.2, 0.25) is 11.8 Å². The molecule has 7 atom stereocenters. The van der Waals surface area contributed by atoms with Crippen molar-refractivity contribution < 1.29 is 28.2 Å². The van der Waals surface area contributed by atoms with E-state index in [-0.39, 0.29) is 58.1 Å². The maximum absolute atomic E-state index is 13.9. The summed E-state index contributed by atoms with van der Waals surface area (Å²) in [7, 11) is 0. The second kappa shape index (κ2) is 11.6. The van der Waals surface area contributed by atoms with Crippen molar-refractivity contribution in [3.05, 3.63) is 68.4 Å². The molecule has 240 valence electrons. The van der Waals surface area contributed by atoms with Crippen LogP contribution in [0.2, 0.25) is 0 Å². The zero-order valence-electron chi connectivity index (χ0n) is 25.3. The molecule has 2 bridgehead atoms. The highest BCUT2D eigenvalue weighted by molar-refractivity contribution is 8.00. The predicted molar refractivity (Wildman–Crippen MR) is 171 cm³/mol. The molecule has 3 amide bonds. The predicted octanol–water partition coefficient (Wildman–Crippen LogP) is 5.04. The maximum atomic E-state index is 13.9. The van der Waals surface area contributed by atoms with E-state index in [1.807, 2.05) is 30.0 Å². The highest BCUT2D eigenvalue weighted by atomic mass is 32.2. The largest absolute Gasteiger partial charge is 0.490 e. The summed E-state index contributed by atoms with van der Waals surface area (Å²) in [5.41, 5.74) is 1.35. The van der Waals surface area contributed by atoms with Crippen molar-refractivity contribution >= 4 is 46.5 Å². The van der Waals surface area contributed by atoms with E-state index < -0.39 is 17.7 Å². The number of hydrogen-bond donors (Lipinski definition) is 1. The first-order valence-electron chi connectivity index (χ1n) is 16.0. The summed E-state index contributed by atoms with van der Waals surface area (Å²) < 4.78 is 25.7. The number of hydrogen-bond acceptors (Lipinski definition) is 8. The quantitative estimate of drug-likeness (QED) is 0.353. The molecule has 2 aliphatic carbocycles. The van der Waals surface area contributed by atoms with Gasteiger partial charge in [0.05, 0.1) is 29.2 Å². The lowest BCUT2D eigenvalue weighted by Gasteiger charge is -2.43. The molecule has 6 unspecified atom stereocenters. The highest BCUT2D eigenvalue weighted by Gasteiger charge is 2.69. The lowest BCUT2D eigenvalue weighted by molar-refractivity contribution is -0.134. The van der Waals surface area contributed by atoms with Gasteiger partial charge in [-0.05, 0) is 92.3 Å². The molecule has 9 nitrogen and oxygen atoms in total. The topological polar surface area (TPSA) is 109 Å². The Bertz CT molecular complexity index is 1770. The molecule has 2 saturated heterocycles. The number of carbonyl (C=O) groups excluding carboxylic acids is 3. The normalized spacial score (nSPS) is 29.5. The summed E-state index contributed by atoms with van der Waals surface area (Å²) in [6.45, 7) is 3.73. The van der Waals surface area contributed by atoms with Gasteiger partial charge in [-0.1, -0.05) is 17.4 Å². The first kappa shape index (κ1) is 29.7. The number of halogens is 1. The van der Waals surface area contributed by atoms with Gasteiger partial charge >= 0.3 is 4.87 Å². The number of nitrogens with one attached hydrogen (secondary N) is 1. The van der Waals surface area contributed by atoms with Crippen LogP contribution < -0.4 is 19.2 Å². The molecule has 1 N–H and O–H groups in total. The van der Waals surface area contributed by atoms with Crippen LogP contribution in [-0.4, -0.2) is 59.2 Å². The molecular weight excluding hydrogens is 630 g/mol. The number of amides is 3. The van der Waals surface area contributed by atoms with Crippen LogP contribution in [0.15, 0.2) is 52.3 Å². The fourth-order valence-corrected chi connectivity index (χ4v) is 11.6. The van der Waals surface area contributed by atoms with Crippen molar-refractivity contribution in [2.75, 3.05) is 31.2 Å². The van der Waals surface area contributed by atoms with Gasteiger partial charge in [0, 0.05) is 29.1 Å². The summed E-state index contributed by atoms with van der Waals surface area (Å²) in [4.78, 5) is 60.2. The average Bonchev–Trinajstić information content (AvgIpc) is 3.80. The van der Waals surface area contributed by atoms with Gasteiger partial charge < -0.3 is 19.4 Å². The number of likely N-dealkylation sites (tertiary alicyclic amines) is 1. The van der Waals surface area contributed by atoms with Crippen molar-refractivity contribution in [1.82, 2.24) is 9.88 Å². The number of fused-ring (bicyclic) bond motifs is 9. The average molecular weight is 664 g/mol. The van der Waals surface area contributed by atoms with Gasteiger partial charge in [-0.25, -0.2) is 4.39 Å². The fourth-order valence-electron chi connectivity index (χ4n) is 8.71. The molecule has 1 aromatic heterocycles. The lowest BCUT2D eigenvalue weighted by Crippen LogP contribution is -2.42. The number of anilines is 1. The molecular formula is C34H34FN3O6S2. The van der Waals surface area contributed by atoms with Crippen LogP contribution in [0, 0.1) is 35.4 Å². The van der Waals surface area contributed by atoms with Crippen LogP contribution in [0.1, 0.15) is 49.0 Å². The minimum Gasteiger partial charge on any atom is -0.490 e. The van der Waals surface area contributed by atoms with Crippen molar-refractivity contribution in [1.29, 1.82) is 0 Å². The molecule has 2 aromatic carbocycles. The maximum Gasteiger partial charge on any atom is 0.305 e. The number of H-pyrrole nitrogens is 1. The van der Waals surface area contributed by atoms with Gasteiger partial charge in [-0.15, -0.1) is 11.8 Å². The van der Waals surface area contributed by atoms with Gasteiger partial charge in [-0.2, -0.15) is 0 Å². The second-order valence-electron chi connectivity index (χ2n) is 12.8. The number of benzene rings is 2. The van der Waals surface area contributed by atoms with E-state index in [0.29, 0.717) is 23.8 Å². The minimum atomic E-state index is -0.459. The van der Waals surface area contributed by atoms with Crippen molar-refractivity contribution in [3.63, 3.8) is 0 Å². The van der Waals surface area contributed by atoms with Gasteiger partial charge in [0.25, 0.3) is 5.91 Å². The molecule has 3 aromatic rings. The number of carbonyl (C=O) groups is 3.